The van der Waals surface area contributed by atoms with Crippen molar-refractivity contribution >= 4 is 42.2 Å². The van der Waals surface area contributed by atoms with Gasteiger partial charge < -0.3 is 42.7 Å². The topological polar surface area (TPSA) is 234 Å². The first-order valence-electron chi connectivity index (χ1n) is 8.46. The SMILES string of the molecule is CC(O)C(NC(=O)C(NC(=O)C(CS)NC(=O)C(N)CC(N)=O)C(C)O)C(=O)O. The summed E-state index contributed by atoms with van der Waals surface area (Å²) in [6.07, 6.45) is -3.35. The summed E-state index contributed by atoms with van der Waals surface area (Å²) < 4.78 is 0. The Kier molecular flexibility index (Phi) is 11.2. The first-order chi connectivity index (χ1) is 13.3. The molecule has 13 nitrogen and oxygen atoms in total. The van der Waals surface area contributed by atoms with E-state index in [4.69, 9.17) is 16.6 Å². The van der Waals surface area contributed by atoms with Gasteiger partial charge in [-0.1, -0.05) is 0 Å². The minimum Gasteiger partial charge on any atom is -0.480 e. The van der Waals surface area contributed by atoms with Crippen LogP contribution >= 0.6 is 12.6 Å². The number of carbonyl (C=O) groups is 5. The summed E-state index contributed by atoms with van der Waals surface area (Å²) in [5, 5.41) is 34.6. The van der Waals surface area contributed by atoms with Crippen molar-refractivity contribution in [1.29, 1.82) is 0 Å². The Bertz CT molecular complexity index is 630. The molecular formula is C15H27N5O8S. The number of carboxylic acids is 1. The zero-order valence-electron chi connectivity index (χ0n) is 15.9. The van der Waals surface area contributed by atoms with Gasteiger partial charge in [0.2, 0.25) is 23.6 Å². The van der Waals surface area contributed by atoms with E-state index in [1.165, 1.54) is 6.92 Å². The Morgan fingerprint density at radius 2 is 1.38 bits per heavy atom. The molecule has 4 amide bonds. The third kappa shape index (κ3) is 9.08. The maximum Gasteiger partial charge on any atom is 0.328 e. The molecule has 14 heteroatoms. The van der Waals surface area contributed by atoms with Crippen LogP contribution in [-0.2, 0) is 24.0 Å². The van der Waals surface area contributed by atoms with Crippen LogP contribution in [0.15, 0.2) is 0 Å². The first kappa shape index (κ1) is 26.6. The van der Waals surface area contributed by atoms with Crippen LogP contribution in [0.25, 0.3) is 0 Å². The van der Waals surface area contributed by atoms with E-state index < -0.39 is 72.4 Å². The average molecular weight is 437 g/mol. The Labute approximate surface area is 172 Å². The van der Waals surface area contributed by atoms with Gasteiger partial charge in [-0.25, -0.2) is 4.79 Å². The number of thiol groups is 1. The predicted octanol–water partition coefficient (Wildman–Crippen LogP) is -4.58. The second kappa shape index (κ2) is 12.2. The molecule has 0 aliphatic carbocycles. The van der Waals surface area contributed by atoms with E-state index in [0.29, 0.717) is 0 Å². The molecule has 0 aromatic heterocycles. The molecule has 6 unspecified atom stereocenters. The maximum absolute atomic E-state index is 12.4. The molecule has 0 aliphatic heterocycles. The Morgan fingerprint density at radius 1 is 0.897 bits per heavy atom. The van der Waals surface area contributed by atoms with E-state index in [-0.39, 0.29) is 5.75 Å². The van der Waals surface area contributed by atoms with Crippen molar-refractivity contribution in [3.05, 3.63) is 0 Å². The van der Waals surface area contributed by atoms with E-state index in [9.17, 15) is 34.2 Å². The van der Waals surface area contributed by atoms with Crippen molar-refractivity contribution in [1.82, 2.24) is 16.0 Å². The van der Waals surface area contributed by atoms with Crippen molar-refractivity contribution in [2.75, 3.05) is 5.75 Å². The van der Waals surface area contributed by atoms with Gasteiger partial charge in [-0.3, -0.25) is 19.2 Å². The number of carbonyl (C=O) groups excluding carboxylic acids is 4. The molecule has 166 valence electrons. The molecule has 0 saturated carbocycles. The van der Waals surface area contributed by atoms with Crippen LogP contribution in [0.3, 0.4) is 0 Å². The predicted molar refractivity (Wildman–Crippen MR) is 102 cm³/mol. The number of rotatable bonds is 12. The standard InChI is InChI=1S/C15H27N5O8S/c1-5(21)10(14(26)20-11(6(2)22)15(27)28)19-13(25)8(4-29)18-12(24)7(16)3-9(17)23/h5-8,10-11,21-22,29H,3-4,16H2,1-2H3,(H2,17,23)(H,18,24)(H,19,25)(H,20,26)(H,27,28). The summed E-state index contributed by atoms with van der Waals surface area (Å²) in [6.45, 7) is 2.30. The average Bonchev–Trinajstić information content (AvgIpc) is 2.59. The zero-order valence-corrected chi connectivity index (χ0v) is 16.8. The molecule has 0 fully saturated rings. The second-order valence-electron chi connectivity index (χ2n) is 6.31. The van der Waals surface area contributed by atoms with Gasteiger partial charge in [0, 0.05) is 5.75 Å². The summed E-state index contributed by atoms with van der Waals surface area (Å²) in [4.78, 5) is 58.4. The van der Waals surface area contributed by atoms with E-state index >= 15 is 0 Å². The molecule has 0 rings (SSSR count). The minimum atomic E-state index is -1.67. The molecule has 0 heterocycles. The minimum absolute atomic E-state index is 0.222. The quantitative estimate of drug-likeness (QED) is 0.133. The summed E-state index contributed by atoms with van der Waals surface area (Å²) in [5.41, 5.74) is 10.4. The number of amides is 4. The molecule has 0 radical (unpaired) electrons. The molecule has 0 saturated heterocycles. The lowest BCUT2D eigenvalue weighted by atomic mass is 10.1. The summed E-state index contributed by atoms with van der Waals surface area (Å²) in [5.74, 6) is -5.43. The van der Waals surface area contributed by atoms with Gasteiger partial charge in [-0.2, -0.15) is 12.6 Å². The monoisotopic (exact) mass is 437 g/mol. The van der Waals surface area contributed by atoms with Crippen molar-refractivity contribution in [2.45, 2.75) is 56.6 Å². The van der Waals surface area contributed by atoms with Crippen LogP contribution in [0, 0.1) is 0 Å². The van der Waals surface area contributed by atoms with Crippen molar-refractivity contribution in [2.24, 2.45) is 11.5 Å². The molecule has 0 aromatic rings. The van der Waals surface area contributed by atoms with Crippen LogP contribution in [-0.4, -0.2) is 87.0 Å². The first-order valence-corrected chi connectivity index (χ1v) is 9.09. The summed E-state index contributed by atoms with van der Waals surface area (Å²) in [7, 11) is 0. The molecule has 29 heavy (non-hydrogen) atoms. The van der Waals surface area contributed by atoms with Crippen molar-refractivity contribution in [3.63, 3.8) is 0 Å². The fraction of sp³-hybridized carbons (Fsp3) is 0.667. The van der Waals surface area contributed by atoms with Crippen molar-refractivity contribution in [3.8, 4) is 0 Å². The molecule has 6 atom stereocenters. The van der Waals surface area contributed by atoms with Crippen LogP contribution in [0.4, 0.5) is 0 Å². The van der Waals surface area contributed by atoms with Gasteiger partial charge in [0.05, 0.1) is 24.7 Å². The lowest BCUT2D eigenvalue weighted by molar-refractivity contribution is -0.146. The number of aliphatic carboxylic acids is 1. The van der Waals surface area contributed by atoms with Gasteiger partial charge in [-0.05, 0) is 13.8 Å². The highest BCUT2D eigenvalue weighted by atomic mass is 32.1. The Balaban J connectivity index is 5.18. The third-order valence-electron chi connectivity index (χ3n) is 3.68. The highest BCUT2D eigenvalue weighted by Crippen LogP contribution is 2.01. The van der Waals surface area contributed by atoms with Gasteiger partial charge in [0.1, 0.15) is 12.1 Å². The molecule has 0 bridgehead atoms. The highest BCUT2D eigenvalue weighted by molar-refractivity contribution is 7.80. The van der Waals surface area contributed by atoms with Crippen LogP contribution < -0.4 is 27.4 Å². The number of hydrogen-bond donors (Lipinski definition) is 9. The number of aliphatic hydroxyl groups excluding tert-OH is 2. The third-order valence-corrected chi connectivity index (χ3v) is 4.05. The van der Waals surface area contributed by atoms with Crippen LogP contribution in [0.2, 0.25) is 0 Å². The van der Waals surface area contributed by atoms with Crippen LogP contribution in [0.5, 0.6) is 0 Å². The van der Waals surface area contributed by atoms with Gasteiger partial charge >= 0.3 is 5.97 Å². The Hall–Kier alpha value is -2.42. The zero-order chi connectivity index (χ0) is 22.9. The lowest BCUT2D eigenvalue weighted by Gasteiger charge is -2.26. The number of nitrogens with one attached hydrogen (secondary N) is 3. The largest absolute Gasteiger partial charge is 0.480 e. The molecule has 10 N–H and O–H groups in total. The van der Waals surface area contributed by atoms with Gasteiger partial charge in [0.15, 0.2) is 6.04 Å². The fourth-order valence-corrected chi connectivity index (χ4v) is 2.33. The summed E-state index contributed by atoms with van der Waals surface area (Å²) in [6, 6.07) is -5.86. The molecule has 0 aliphatic rings. The molecule has 0 aromatic carbocycles. The number of primary amides is 1. The highest BCUT2D eigenvalue weighted by Gasteiger charge is 2.33. The van der Waals surface area contributed by atoms with E-state index in [0.717, 1.165) is 6.92 Å². The van der Waals surface area contributed by atoms with Gasteiger partial charge in [-0.15, -0.1) is 0 Å². The number of hydrogen-bond acceptors (Lipinski definition) is 9. The smallest absolute Gasteiger partial charge is 0.328 e. The van der Waals surface area contributed by atoms with E-state index in [2.05, 4.69) is 23.3 Å². The summed E-state index contributed by atoms with van der Waals surface area (Å²) >= 11 is 3.92. The van der Waals surface area contributed by atoms with E-state index in [1.807, 2.05) is 5.32 Å². The number of aliphatic hydroxyl groups is 2. The number of carboxylic acid groups (broad SMARTS) is 1. The lowest BCUT2D eigenvalue weighted by Crippen LogP contribution is -2.61. The van der Waals surface area contributed by atoms with Crippen LogP contribution in [0.1, 0.15) is 20.3 Å². The van der Waals surface area contributed by atoms with Crippen molar-refractivity contribution < 1.29 is 39.3 Å². The Morgan fingerprint density at radius 3 is 1.76 bits per heavy atom. The maximum atomic E-state index is 12.4. The molecular weight excluding hydrogens is 410 g/mol. The van der Waals surface area contributed by atoms with Gasteiger partial charge in [0.25, 0.3) is 0 Å². The number of nitrogens with two attached hydrogens (primary N) is 2. The molecule has 0 spiro atoms. The van der Waals surface area contributed by atoms with E-state index in [1.54, 1.807) is 0 Å². The normalized spacial score (nSPS) is 17.0. The fourth-order valence-electron chi connectivity index (χ4n) is 2.07. The second-order valence-corrected chi connectivity index (χ2v) is 6.68.